The van der Waals surface area contributed by atoms with Crippen molar-refractivity contribution in [2.75, 3.05) is 6.61 Å². The average Bonchev–Trinajstić information content (AvgIpc) is 2.99. The van der Waals surface area contributed by atoms with Gasteiger partial charge in [0.1, 0.15) is 36.2 Å². The van der Waals surface area contributed by atoms with Crippen LogP contribution >= 0.6 is 20.0 Å². The number of hydrogen-bond acceptors (Lipinski definition) is 9. The molecule has 182 valence electrons. The molecule has 0 aliphatic carbocycles. The van der Waals surface area contributed by atoms with Crippen LogP contribution in [0.5, 0.6) is 5.75 Å². The van der Waals surface area contributed by atoms with Crippen LogP contribution in [0.2, 0.25) is 0 Å². The zero-order valence-electron chi connectivity index (χ0n) is 18.2. The van der Waals surface area contributed by atoms with E-state index in [2.05, 4.69) is 10.9 Å². The summed E-state index contributed by atoms with van der Waals surface area (Å²) in [7, 11) is -4.24. The molecule has 0 saturated carbocycles. The summed E-state index contributed by atoms with van der Waals surface area (Å²) in [6, 6.07) is 3.63. The fourth-order valence-corrected chi connectivity index (χ4v) is 5.37. The Labute approximate surface area is 198 Å². The maximum atomic E-state index is 15.5. The number of hydrogen-bond donors (Lipinski definition) is 3. The molecule has 1 fully saturated rings. The first-order chi connectivity index (χ1) is 15.9. The molecule has 1 unspecified atom stereocenters. The Balaban J connectivity index is 1.48. The molecule has 1 saturated heterocycles. The lowest BCUT2D eigenvalue weighted by Gasteiger charge is -2.29. The number of halogens is 1. The number of benzene rings is 1. The highest BCUT2D eigenvalue weighted by Gasteiger charge is 2.56. The minimum Gasteiger partial charge on any atom is -0.403 e. The first-order valence-electron chi connectivity index (χ1n) is 10.2. The van der Waals surface area contributed by atoms with Crippen molar-refractivity contribution >= 4 is 20.0 Å². The van der Waals surface area contributed by atoms with E-state index in [4.69, 9.17) is 36.9 Å². The fourth-order valence-electron chi connectivity index (χ4n) is 3.85. The largest absolute Gasteiger partial charge is 0.530 e. The van der Waals surface area contributed by atoms with Crippen LogP contribution in [-0.4, -0.2) is 50.5 Å². The summed E-state index contributed by atoms with van der Waals surface area (Å²) >= 11 is 5.06. The number of phosphoric ester groups is 1. The molecule has 1 aromatic heterocycles. The first-order valence-corrected chi connectivity index (χ1v) is 12.0. The second-order valence-electron chi connectivity index (χ2n) is 8.13. The molecule has 0 amide bonds. The SMILES string of the molecule is C#Cc1cn(C[C@@H]2O[C@](F)(COP3(=O)OCc4cc(C)cc(C)c4O3)[C@@H](O)[C@H]2O)c(=S)[nH]c1=O. The third-order valence-corrected chi connectivity index (χ3v) is 7.17. The van der Waals surface area contributed by atoms with Crippen molar-refractivity contribution < 1.29 is 37.5 Å². The van der Waals surface area contributed by atoms with Gasteiger partial charge in [-0.3, -0.25) is 18.8 Å². The lowest BCUT2D eigenvalue weighted by atomic mass is 10.1. The van der Waals surface area contributed by atoms with Crippen molar-refractivity contribution in [3.05, 3.63) is 55.7 Å². The Hall–Kier alpha value is -2.36. The second kappa shape index (κ2) is 9.02. The van der Waals surface area contributed by atoms with Gasteiger partial charge in [0.25, 0.3) is 11.4 Å². The van der Waals surface area contributed by atoms with Crippen molar-refractivity contribution in [2.24, 2.45) is 0 Å². The van der Waals surface area contributed by atoms with Crippen LogP contribution in [0.1, 0.15) is 22.3 Å². The molecule has 0 bridgehead atoms. The van der Waals surface area contributed by atoms with Crippen LogP contribution in [0, 0.1) is 31.0 Å². The summed E-state index contributed by atoms with van der Waals surface area (Å²) in [5.41, 5.74) is 1.72. The van der Waals surface area contributed by atoms with Gasteiger partial charge < -0.3 is 24.0 Å². The first kappa shape index (κ1) is 24.8. The number of ether oxygens (including phenoxy) is 1. The van der Waals surface area contributed by atoms with E-state index in [1.165, 1.54) is 10.8 Å². The molecule has 1 aromatic carbocycles. The van der Waals surface area contributed by atoms with Crippen molar-refractivity contribution in [1.29, 1.82) is 0 Å². The molecular formula is C21H22FN2O8PS. The zero-order chi connectivity index (χ0) is 24.8. The van der Waals surface area contributed by atoms with E-state index in [1.54, 1.807) is 13.0 Å². The maximum Gasteiger partial charge on any atom is 0.530 e. The molecule has 3 N–H and O–H groups in total. The number of aromatic nitrogens is 2. The zero-order valence-corrected chi connectivity index (χ0v) is 19.9. The van der Waals surface area contributed by atoms with Crippen molar-refractivity contribution in [3.8, 4) is 18.1 Å². The van der Waals surface area contributed by atoms with Crippen LogP contribution < -0.4 is 10.1 Å². The Morgan fingerprint density at radius 3 is 2.88 bits per heavy atom. The van der Waals surface area contributed by atoms with E-state index in [9.17, 15) is 19.6 Å². The normalized spacial score (nSPS) is 30.4. The van der Waals surface area contributed by atoms with Crippen LogP contribution in [0.15, 0.2) is 23.1 Å². The number of nitrogens with zero attached hydrogens (tertiary/aromatic N) is 1. The highest BCUT2D eigenvalue weighted by Crippen LogP contribution is 2.56. The van der Waals surface area contributed by atoms with Crippen LogP contribution in [0.3, 0.4) is 0 Å². The quantitative estimate of drug-likeness (QED) is 0.313. The van der Waals surface area contributed by atoms with E-state index < -0.39 is 44.2 Å². The Bertz CT molecular complexity index is 1340. The van der Waals surface area contributed by atoms with Gasteiger partial charge in [0.2, 0.25) is 0 Å². The molecule has 34 heavy (non-hydrogen) atoms. The second-order valence-corrected chi connectivity index (χ2v) is 10.1. The monoisotopic (exact) mass is 512 g/mol. The van der Waals surface area contributed by atoms with Gasteiger partial charge in [0, 0.05) is 11.8 Å². The Morgan fingerprint density at radius 1 is 1.44 bits per heavy atom. The van der Waals surface area contributed by atoms with Gasteiger partial charge in [-0.15, -0.1) is 6.42 Å². The summed E-state index contributed by atoms with van der Waals surface area (Å²) in [5.74, 6) is -0.437. The number of aromatic amines is 1. The molecule has 2 aliphatic heterocycles. The highest BCUT2D eigenvalue weighted by molar-refractivity contribution is 7.71. The number of phosphoric acid groups is 1. The Morgan fingerprint density at radius 2 is 2.18 bits per heavy atom. The van der Waals surface area contributed by atoms with Gasteiger partial charge in [-0.05, 0) is 31.6 Å². The van der Waals surface area contributed by atoms with E-state index in [0.717, 1.165) is 5.56 Å². The molecule has 5 atom stereocenters. The third-order valence-electron chi connectivity index (χ3n) is 5.53. The van der Waals surface area contributed by atoms with Crippen LogP contribution in [0.4, 0.5) is 4.39 Å². The lowest BCUT2D eigenvalue weighted by molar-refractivity contribution is -0.195. The van der Waals surface area contributed by atoms with Gasteiger partial charge >= 0.3 is 7.82 Å². The van der Waals surface area contributed by atoms with E-state index >= 15 is 4.39 Å². The van der Waals surface area contributed by atoms with Gasteiger partial charge in [-0.1, -0.05) is 23.6 Å². The minimum absolute atomic E-state index is 0.0352. The predicted octanol–water partition coefficient (Wildman–Crippen LogP) is 2.02. The predicted molar refractivity (Wildman–Crippen MR) is 119 cm³/mol. The standard InChI is InChI=1S/C21H22FN2O8PS/c1-4-13-7-24(20(34)23-19(13)27)8-15-16(25)18(26)21(22,31-15)10-30-33(28)29-9-14-6-11(2)5-12(3)17(14)32-33/h1,5-7,15-16,18,25-26H,8-10H2,2-3H3,(H,23,27,34)/t15-,16-,18-,21+,33?/m0/s1. The molecule has 0 radical (unpaired) electrons. The van der Waals surface area contributed by atoms with Gasteiger partial charge in [-0.2, -0.15) is 0 Å². The molecule has 4 rings (SSSR count). The summed E-state index contributed by atoms with van der Waals surface area (Å²) in [5, 5.41) is 20.7. The number of terminal acetylenes is 1. The molecule has 10 nitrogen and oxygen atoms in total. The van der Waals surface area contributed by atoms with Gasteiger partial charge in [0.15, 0.2) is 4.77 Å². The van der Waals surface area contributed by atoms with Crippen molar-refractivity contribution in [2.45, 2.75) is 51.2 Å². The summed E-state index contributed by atoms with van der Waals surface area (Å²) in [6.07, 6.45) is 1.48. The number of aryl methyl sites for hydroxylation is 2. The average molecular weight is 512 g/mol. The summed E-state index contributed by atoms with van der Waals surface area (Å²) in [4.78, 5) is 14.1. The molecule has 3 heterocycles. The van der Waals surface area contributed by atoms with Crippen molar-refractivity contribution in [3.63, 3.8) is 0 Å². The molecule has 2 aromatic rings. The van der Waals surface area contributed by atoms with Crippen LogP contribution in [0.25, 0.3) is 0 Å². The number of rotatable bonds is 5. The number of nitrogens with one attached hydrogen (secondary N) is 1. The third kappa shape index (κ3) is 4.61. The minimum atomic E-state index is -4.24. The van der Waals surface area contributed by atoms with E-state index in [-0.39, 0.29) is 23.5 Å². The lowest BCUT2D eigenvalue weighted by Crippen LogP contribution is -2.43. The maximum absolute atomic E-state index is 15.5. The molecule has 0 spiro atoms. The molecule has 13 heteroatoms. The van der Waals surface area contributed by atoms with E-state index in [1.807, 2.05) is 13.0 Å². The molecular weight excluding hydrogens is 490 g/mol. The van der Waals surface area contributed by atoms with Crippen molar-refractivity contribution in [1.82, 2.24) is 9.55 Å². The fraction of sp³-hybridized carbons (Fsp3) is 0.429. The van der Waals surface area contributed by atoms with Gasteiger partial charge in [-0.25, -0.2) is 8.96 Å². The summed E-state index contributed by atoms with van der Waals surface area (Å²) in [6.45, 7) is 2.27. The number of alkyl halides is 1. The van der Waals surface area contributed by atoms with Gasteiger partial charge in [0.05, 0.1) is 13.2 Å². The number of aliphatic hydroxyl groups is 2. The van der Waals surface area contributed by atoms with Crippen LogP contribution in [-0.2, 0) is 31.5 Å². The topological polar surface area (TPSA) is 132 Å². The summed E-state index contributed by atoms with van der Waals surface area (Å²) < 4.78 is 50.6. The van der Waals surface area contributed by atoms with E-state index in [0.29, 0.717) is 16.9 Å². The molecule has 2 aliphatic rings. The number of aliphatic hydroxyl groups excluding tert-OH is 2. The number of H-pyrrole nitrogens is 1. The highest BCUT2D eigenvalue weighted by atomic mass is 32.1. The smallest absolute Gasteiger partial charge is 0.403 e. The number of fused-ring (bicyclic) bond motifs is 1. The Kier molecular flexibility index (Phi) is 6.56.